The Balaban J connectivity index is 2.43. The van der Waals surface area contributed by atoms with Crippen molar-refractivity contribution in [1.82, 2.24) is 4.98 Å². The number of benzene rings is 1. The summed E-state index contributed by atoms with van der Waals surface area (Å²) in [6.07, 6.45) is -0.0718. The number of hydrogen-bond donors (Lipinski definition) is 2. The highest BCUT2D eigenvalue weighted by molar-refractivity contribution is 7.94. The number of aliphatic hydroxyl groups is 2. The zero-order valence-corrected chi connectivity index (χ0v) is 20.9. The maximum Gasteiger partial charge on any atom is 0.196 e. The summed E-state index contributed by atoms with van der Waals surface area (Å²) >= 11 is 0.770. The Morgan fingerprint density at radius 2 is 1.72 bits per heavy atom. The molecule has 0 aliphatic heterocycles. The number of sulfone groups is 1. The van der Waals surface area contributed by atoms with Crippen LogP contribution < -0.4 is 0 Å². The number of Topliss-reactive ketones (excluding diaryl/α,β-unsaturated/α-hetero) is 1. The molecule has 0 atom stereocenters. The van der Waals surface area contributed by atoms with Crippen LogP contribution in [0.2, 0.25) is 0 Å². The third-order valence-electron chi connectivity index (χ3n) is 5.03. The van der Waals surface area contributed by atoms with Gasteiger partial charge in [-0.25, -0.2) is 13.4 Å². The molecule has 0 saturated heterocycles. The molecular weight excluding hydrogens is 448 g/mol. The first-order chi connectivity index (χ1) is 14.7. The number of thiazole rings is 1. The second-order valence-corrected chi connectivity index (χ2v) is 12.2. The quantitative estimate of drug-likeness (QED) is 0.564. The summed E-state index contributed by atoms with van der Waals surface area (Å²) in [5.41, 5.74) is 1.56. The lowest BCUT2D eigenvalue weighted by molar-refractivity contribution is -0.116. The Bertz CT molecular complexity index is 1120. The topological polar surface area (TPSA) is 128 Å². The molecule has 0 bridgehead atoms. The fourth-order valence-electron chi connectivity index (χ4n) is 3.48. The van der Waals surface area contributed by atoms with E-state index in [1.165, 1.54) is 13.8 Å². The van der Waals surface area contributed by atoms with Gasteiger partial charge in [-0.2, -0.15) is 5.26 Å². The van der Waals surface area contributed by atoms with Crippen molar-refractivity contribution in [2.45, 2.75) is 76.2 Å². The zero-order chi connectivity index (χ0) is 24.4. The second kappa shape index (κ2) is 9.79. The van der Waals surface area contributed by atoms with Gasteiger partial charge in [0.05, 0.1) is 23.9 Å². The van der Waals surface area contributed by atoms with E-state index < -0.39 is 33.6 Å². The highest BCUT2D eigenvalue weighted by Crippen LogP contribution is 2.33. The highest BCUT2D eigenvalue weighted by Gasteiger charge is 2.31. The summed E-state index contributed by atoms with van der Waals surface area (Å²) in [5, 5.41) is 29.2. The van der Waals surface area contributed by atoms with E-state index in [0.29, 0.717) is 5.56 Å². The number of carbonyl (C=O) groups is 1. The first kappa shape index (κ1) is 26.1. The van der Waals surface area contributed by atoms with Gasteiger partial charge in [0, 0.05) is 6.42 Å². The minimum absolute atomic E-state index is 0.0528. The first-order valence-electron chi connectivity index (χ1n) is 10.4. The van der Waals surface area contributed by atoms with Crippen LogP contribution in [-0.4, -0.2) is 35.2 Å². The van der Waals surface area contributed by atoms with Crippen molar-refractivity contribution in [2.75, 3.05) is 5.75 Å². The van der Waals surface area contributed by atoms with E-state index in [0.717, 1.165) is 28.0 Å². The highest BCUT2D eigenvalue weighted by atomic mass is 32.2. The van der Waals surface area contributed by atoms with Gasteiger partial charge in [-0.15, -0.1) is 11.3 Å². The molecule has 0 fully saturated rings. The molecule has 7 nitrogen and oxygen atoms in total. The van der Waals surface area contributed by atoms with Crippen molar-refractivity contribution >= 4 is 27.0 Å². The molecule has 0 amide bonds. The van der Waals surface area contributed by atoms with Crippen LogP contribution in [0.5, 0.6) is 0 Å². The largest absolute Gasteiger partial charge is 0.390 e. The van der Waals surface area contributed by atoms with Crippen LogP contribution in [0.15, 0.2) is 16.3 Å². The van der Waals surface area contributed by atoms with Gasteiger partial charge in [0.1, 0.15) is 20.6 Å². The average Bonchev–Trinajstić information content (AvgIpc) is 3.13. The van der Waals surface area contributed by atoms with E-state index in [1.54, 1.807) is 12.1 Å². The van der Waals surface area contributed by atoms with Gasteiger partial charge in [0.15, 0.2) is 15.6 Å². The third kappa shape index (κ3) is 5.81. The standard InChI is InChI=1S/C23H30N2O5S2/c1-13(2)17-7-15(10-24)8-18(14(3)4)19(17)9-16(27)12-32(29,30)21-20(11-26)25-22(31-21)23(5,6)28/h7-8,13-14,26,28H,9,11-12H2,1-6H3. The van der Waals surface area contributed by atoms with Gasteiger partial charge in [0.2, 0.25) is 0 Å². The van der Waals surface area contributed by atoms with Gasteiger partial charge in [0.25, 0.3) is 0 Å². The van der Waals surface area contributed by atoms with Gasteiger partial charge < -0.3 is 10.2 Å². The Labute approximate surface area is 193 Å². The van der Waals surface area contributed by atoms with Crippen molar-refractivity contribution in [1.29, 1.82) is 5.26 Å². The van der Waals surface area contributed by atoms with Crippen LogP contribution in [0.4, 0.5) is 0 Å². The SMILES string of the molecule is CC(C)c1cc(C#N)cc(C(C)C)c1CC(=O)CS(=O)(=O)c1sc(C(C)(C)O)nc1CO. The lowest BCUT2D eigenvalue weighted by Gasteiger charge is -2.20. The van der Waals surface area contributed by atoms with Crippen LogP contribution in [0, 0.1) is 11.3 Å². The fourth-order valence-corrected chi connectivity index (χ4v) is 6.34. The Morgan fingerprint density at radius 1 is 1.19 bits per heavy atom. The summed E-state index contributed by atoms with van der Waals surface area (Å²) in [5.74, 6) is -1.11. The van der Waals surface area contributed by atoms with E-state index in [-0.39, 0.29) is 33.2 Å². The first-order valence-corrected chi connectivity index (χ1v) is 12.8. The zero-order valence-electron chi connectivity index (χ0n) is 19.3. The molecule has 1 heterocycles. The van der Waals surface area contributed by atoms with Gasteiger partial charge in [-0.05, 0) is 54.5 Å². The smallest absolute Gasteiger partial charge is 0.196 e. The van der Waals surface area contributed by atoms with Gasteiger partial charge in [-0.3, -0.25) is 4.79 Å². The molecular formula is C23H30N2O5S2. The predicted molar refractivity (Wildman–Crippen MR) is 123 cm³/mol. The van der Waals surface area contributed by atoms with Crippen LogP contribution in [0.25, 0.3) is 0 Å². The predicted octanol–water partition coefficient (Wildman–Crippen LogP) is 3.57. The van der Waals surface area contributed by atoms with E-state index in [1.807, 2.05) is 27.7 Å². The number of aliphatic hydroxyl groups excluding tert-OH is 1. The minimum Gasteiger partial charge on any atom is -0.390 e. The Morgan fingerprint density at radius 3 is 2.12 bits per heavy atom. The molecule has 1 aromatic carbocycles. The fraction of sp³-hybridized carbons (Fsp3) is 0.522. The molecule has 0 spiro atoms. The van der Waals surface area contributed by atoms with Crippen LogP contribution in [0.1, 0.15) is 86.3 Å². The number of rotatable bonds is 9. The summed E-state index contributed by atoms with van der Waals surface area (Å²) in [7, 11) is -4.06. The molecule has 0 aliphatic rings. The molecule has 32 heavy (non-hydrogen) atoms. The van der Waals surface area contributed by atoms with E-state index in [4.69, 9.17) is 0 Å². The molecule has 0 saturated carbocycles. The average molecular weight is 479 g/mol. The number of ketones is 1. The molecule has 1 aromatic heterocycles. The molecule has 0 unspecified atom stereocenters. The van der Waals surface area contributed by atoms with Crippen LogP contribution in [0.3, 0.4) is 0 Å². The van der Waals surface area contributed by atoms with Crippen LogP contribution in [-0.2, 0) is 33.3 Å². The summed E-state index contributed by atoms with van der Waals surface area (Å²) in [6, 6.07) is 5.67. The lowest BCUT2D eigenvalue weighted by atomic mass is 9.85. The van der Waals surface area contributed by atoms with Crippen molar-refractivity contribution in [2.24, 2.45) is 0 Å². The normalized spacial score (nSPS) is 12.4. The summed E-state index contributed by atoms with van der Waals surface area (Å²) in [6.45, 7) is 10.2. The number of nitriles is 1. The number of aromatic nitrogens is 1. The molecule has 174 valence electrons. The maximum atomic E-state index is 13.0. The summed E-state index contributed by atoms with van der Waals surface area (Å²) in [4.78, 5) is 17.0. The van der Waals surface area contributed by atoms with Gasteiger partial charge >= 0.3 is 0 Å². The molecule has 0 radical (unpaired) electrons. The summed E-state index contributed by atoms with van der Waals surface area (Å²) < 4.78 is 25.8. The third-order valence-corrected chi connectivity index (χ3v) is 8.75. The molecule has 9 heteroatoms. The monoisotopic (exact) mass is 478 g/mol. The Hall–Kier alpha value is -2.12. The van der Waals surface area contributed by atoms with Crippen molar-refractivity contribution < 1.29 is 23.4 Å². The van der Waals surface area contributed by atoms with Crippen molar-refractivity contribution in [3.63, 3.8) is 0 Å². The number of hydrogen-bond acceptors (Lipinski definition) is 8. The second-order valence-electron chi connectivity index (χ2n) is 9.00. The van der Waals surface area contributed by atoms with Crippen molar-refractivity contribution in [3.8, 4) is 6.07 Å². The molecule has 0 aliphatic carbocycles. The molecule has 2 N–H and O–H groups in total. The number of carbonyl (C=O) groups excluding carboxylic acids is 1. The lowest BCUT2D eigenvalue weighted by Crippen LogP contribution is -2.20. The minimum atomic E-state index is -4.06. The Kier molecular flexibility index (Phi) is 8.00. The molecule has 2 aromatic rings. The number of nitrogens with zero attached hydrogens (tertiary/aromatic N) is 2. The molecule has 2 rings (SSSR count). The maximum absolute atomic E-state index is 13.0. The van der Waals surface area contributed by atoms with E-state index in [2.05, 4.69) is 11.1 Å². The van der Waals surface area contributed by atoms with E-state index in [9.17, 15) is 28.7 Å². The van der Waals surface area contributed by atoms with E-state index >= 15 is 0 Å². The van der Waals surface area contributed by atoms with Gasteiger partial charge in [-0.1, -0.05) is 27.7 Å². The van der Waals surface area contributed by atoms with Crippen molar-refractivity contribution in [3.05, 3.63) is 45.1 Å². The van der Waals surface area contributed by atoms with Crippen LogP contribution >= 0.6 is 11.3 Å².